The topological polar surface area (TPSA) is 66.5 Å². The highest BCUT2D eigenvalue weighted by atomic mass is 19.1. The number of hydrogen-bond donors (Lipinski definition) is 1. The second-order valence-corrected chi connectivity index (χ2v) is 6.42. The van der Waals surface area contributed by atoms with Crippen molar-refractivity contribution in [2.45, 2.75) is 19.9 Å². The van der Waals surface area contributed by atoms with Crippen LogP contribution >= 0.6 is 0 Å². The molecule has 1 aliphatic heterocycles. The number of carbonyl (C=O) groups is 3. The molecule has 5 nitrogen and oxygen atoms in total. The molecule has 1 atom stereocenters. The first kappa shape index (κ1) is 17.8. The van der Waals surface area contributed by atoms with Gasteiger partial charge in [-0.15, -0.1) is 0 Å². The Morgan fingerprint density at radius 2 is 1.77 bits per heavy atom. The number of likely N-dealkylation sites (tertiary alicyclic amines) is 1. The zero-order chi connectivity index (χ0) is 18.7. The van der Waals surface area contributed by atoms with Crippen LogP contribution in [0.1, 0.15) is 29.3 Å². The Bertz CT molecular complexity index is 831. The number of carbonyl (C=O) groups excluding carboxylic acids is 3. The molecule has 0 aromatic heterocycles. The van der Waals surface area contributed by atoms with E-state index >= 15 is 0 Å². The van der Waals surface area contributed by atoms with Gasteiger partial charge in [0, 0.05) is 30.8 Å². The van der Waals surface area contributed by atoms with Gasteiger partial charge in [0.1, 0.15) is 5.82 Å². The Hall–Kier alpha value is -3.02. The van der Waals surface area contributed by atoms with Gasteiger partial charge in [0.25, 0.3) is 0 Å². The van der Waals surface area contributed by atoms with Crippen molar-refractivity contribution in [2.24, 2.45) is 5.92 Å². The second-order valence-electron chi connectivity index (χ2n) is 6.42. The lowest BCUT2D eigenvalue weighted by Crippen LogP contribution is -2.28. The Balaban J connectivity index is 1.59. The van der Waals surface area contributed by atoms with E-state index in [0.29, 0.717) is 24.3 Å². The normalized spacial score (nSPS) is 16.6. The van der Waals surface area contributed by atoms with Gasteiger partial charge in [-0.3, -0.25) is 14.4 Å². The second kappa shape index (κ2) is 7.47. The summed E-state index contributed by atoms with van der Waals surface area (Å²) in [6, 6.07) is 12.6. The average Bonchev–Trinajstić information content (AvgIpc) is 2.98. The van der Waals surface area contributed by atoms with Crippen LogP contribution in [0.5, 0.6) is 0 Å². The van der Waals surface area contributed by atoms with Crippen molar-refractivity contribution in [2.75, 3.05) is 11.9 Å². The van der Waals surface area contributed by atoms with E-state index in [4.69, 9.17) is 0 Å². The van der Waals surface area contributed by atoms with Crippen molar-refractivity contribution in [3.05, 3.63) is 65.5 Å². The number of nitrogens with one attached hydrogen (secondary N) is 1. The maximum Gasteiger partial charge on any atom is 0.229 e. The molecule has 0 aliphatic carbocycles. The van der Waals surface area contributed by atoms with Crippen molar-refractivity contribution >= 4 is 23.3 Å². The van der Waals surface area contributed by atoms with E-state index in [1.165, 1.54) is 19.1 Å². The summed E-state index contributed by atoms with van der Waals surface area (Å²) < 4.78 is 13.0. The maximum absolute atomic E-state index is 13.0. The lowest BCUT2D eigenvalue weighted by atomic mass is 10.1. The van der Waals surface area contributed by atoms with E-state index in [0.717, 1.165) is 5.56 Å². The lowest BCUT2D eigenvalue weighted by molar-refractivity contribution is -0.128. The Kier molecular flexibility index (Phi) is 5.11. The van der Waals surface area contributed by atoms with Crippen LogP contribution in [0.4, 0.5) is 10.1 Å². The highest BCUT2D eigenvalue weighted by Gasteiger charge is 2.34. The van der Waals surface area contributed by atoms with Crippen LogP contribution in [0, 0.1) is 11.7 Å². The predicted molar refractivity (Wildman–Crippen MR) is 95.0 cm³/mol. The summed E-state index contributed by atoms with van der Waals surface area (Å²) in [6.45, 7) is 2.16. The molecule has 1 saturated heterocycles. The number of ketones is 1. The largest absolute Gasteiger partial charge is 0.338 e. The van der Waals surface area contributed by atoms with E-state index in [9.17, 15) is 18.8 Å². The summed E-state index contributed by atoms with van der Waals surface area (Å²) >= 11 is 0. The van der Waals surface area contributed by atoms with E-state index in [1.807, 2.05) is 0 Å². The number of anilines is 1. The lowest BCUT2D eigenvalue weighted by Gasteiger charge is -2.16. The first-order valence-electron chi connectivity index (χ1n) is 8.36. The zero-order valence-electron chi connectivity index (χ0n) is 14.4. The molecule has 1 unspecified atom stereocenters. The van der Waals surface area contributed by atoms with Gasteiger partial charge in [0.2, 0.25) is 11.8 Å². The first-order valence-corrected chi connectivity index (χ1v) is 8.36. The number of nitrogens with zero attached hydrogens (tertiary/aromatic N) is 1. The molecule has 1 N–H and O–H groups in total. The Morgan fingerprint density at radius 3 is 2.38 bits per heavy atom. The van der Waals surface area contributed by atoms with Crippen molar-refractivity contribution in [3.63, 3.8) is 0 Å². The van der Waals surface area contributed by atoms with Crippen molar-refractivity contribution in [3.8, 4) is 0 Å². The van der Waals surface area contributed by atoms with Crippen molar-refractivity contribution in [1.29, 1.82) is 0 Å². The highest BCUT2D eigenvalue weighted by molar-refractivity contribution is 5.98. The third-order valence-corrected chi connectivity index (χ3v) is 4.43. The predicted octanol–water partition coefficient (Wildman–Crippen LogP) is 3.02. The molecule has 1 fully saturated rings. The molecule has 3 rings (SSSR count). The Labute approximate surface area is 150 Å². The Morgan fingerprint density at radius 1 is 1.12 bits per heavy atom. The molecule has 0 saturated carbocycles. The van der Waals surface area contributed by atoms with Crippen molar-refractivity contribution in [1.82, 2.24) is 4.90 Å². The molecule has 2 amide bonds. The van der Waals surface area contributed by atoms with Gasteiger partial charge in [0.05, 0.1) is 5.92 Å². The minimum atomic E-state index is -0.435. The number of hydrogen-bond acceptors (Lipinski definition) is 3. The zero-order valence-corrected chi connectivity index (χ0v) is 14.4. The molecule has 1 heterocycles. The molecular formula is C20H19FN2O3. The molecule has 2 aromatic rings. The van der Waals surface area contributed by atoms with Gasteiger partial charge in [-0.25, -0.2) is 4.39 Å². The van der Waals surface area contributed by atoms with E-state index in [-0.39, 0.29) is 29.8 Å². The van der Waals surface area contributed by atoms with Gasteiger partial charge in [-0.2, -0.15) is 0 Å². The van der Waals surface area contributed by atoms with E-state index < -0.39 is 5.92 Å². The monoisotopic (exact) mass is 354 g/mol. The summed E-state index contributed by atoms with van der Waals surface area (Å²) in [4.78, 5) is 37.5. The van der Waals surface area contributed by atoms with Gasteiger partial charge in [-0.05, 0) is 48.9 Å². The van der Waals surface area contributed by atoms with Crippen LogP contribution < -0.4 is 5.32 Å². The molecule has 2 aromatic carbocycles. The third kappa shape index (κ3) is 4.14. The van der Waals surface area contributed by atoms with Crippen LogP contribution in [0.25, 0.3) is 0 Å². The number of halogens is 1. The molecule has 0 spiro atoms. The molecule has 1 aliphatic rings. The van der Waals surface area contributed by atoms with Gasteiger partial charge in [0.15, 0.2) is 5.78 Å². The minimum Gasteiger partial charge on any atom is -0.338 e. The fraction of sp³-hybridized carbons (Fsp3) is 0.250. The van der Waals surface area contributed by atoms with Crippen LogP contribution in [-0.4, -0.2) is 29.0 Å². The summed E-state index contributed by atoms with van der Waals surface area (Å²) in [5.74, 6) is -1.12. The number of Topliss-reactive ketones (excluding diaryl/α,β-unsaturated/α-hetero) is 1. The quantitative estimate of drug-likeness (QED) is 0.840. The molecule has 0 bridgehead atoms. The third-order valence-electron chi connectivity index (χ3n) is 4.43. The summed E-state index contributed by atoms with van der Waals surface area (Å²) in [7, 11) is 0. The fourth-order valence-corrected chi connectivity index (χ4v) is 2.94. The number of rotatable bonds is 5. The molecule has 26 heavy (non-hydrogen) atoms. The van der Waals surface area contributed by atoms with Gasteiger partial charge >= 0.3 is 0 Å². The average molecular weight is 354 g/mol. The number of benzene rings is 2. The molecule has 0 radical (unpaired) electrons. The standard InChI is InChI=1S/C20H19FN2O3/c1-13(24)15-4-8-18(9-5-15)22-20(26)16-10-19(25)23(12-16)11-14-2-6-17(21)7-3-14/h2-9,16H,10-12H2,1H3,(H,22,26). The SMILES string of the molecule is CC(=O)c1ccc(NC(=O)C2CC(=O)N(Cc3ccc(F)cc3)C2)cc1. The van der Waals surface area contributed by atoms with Crippen LogP contribution in [0.15, 0.2) is 48.5 Å². The van der Waals surface area contributed by atoms with Gasteiger partial charge < -0.3 is 10.2 Å². The van der Waals surface area contributed by atoms with Crippen LogP contribution in [0.3, 0.4) is 0 Å². The molecule has 6 heteroatoms. The van der Waals surface area contributed by atoms with Crippen molar-refractivity contribution < 1.29 is 18.8 Å². The van der Waals surface area contributed by atoms with E-state index in [1.54, 1.807) is 41.3 Å². The summed E-state index contributed by atoms with van der Waals surface area (Å²) in [5.41, 5.74) is 1.98. The van der Waals surface area contributed by atoms with Crippen LogP contribution in [0.2, 0.25) is 0 Å². The van der Waals surface area contributed by atoms with E-state index in [2.05, 4.69) is 5.32 Å². The maximum atomic E-state index is 13.0. The first-order chi connectivity index (χ1) is 12.4. The summed E-state index contributed by atoms with van der Waals surface area (Å²) in [5, 5.41) is 2.78. The fourth-order valence-electron chi connectivity index (χ4n) is 2.94. The molecular weight excluding hydrogens is 335 g/mol. The minimum absolute atomic E-state index is 0.0410. The smallest absolute Gasteiger partial charge is 0.229 e. The molecule has 134 valence electrons. The highest BCUT2D eigenvalue weighted by Crippen LogP contribution is 2.22. The summed E-state index contributed by atoms with van der Waals surface area (Å²) in [6.07, 6.45) is 0.151. The van der Waals surface area contributed by atoms with Gasteiger partial charge in [-0.1, -0.05) is 12.1 Å². The number of amides is 2. The van der Waals surface area contributed by atoms with Crippen LogP contribution in [-0.2, 0) is 16.1 Å².